The Hall–Kier alpha value is -2.90. The summed E-state index contributed by atoms with van der Waals surface area (Å²) in [5.74, 6) is 0.957. The Balaban J connectivity index is 1.62. The number of hydrogen-bond donors (Lipinski definition) is 0. The molecule has 162 valence electrons. The third kappa shape index (κ3) is 5.11. The van der Waals surface area contributed by atoms with E-state index in [0.29, 0.717) is 35.1 Å². The Labute approximate surface area is 203 Å². The quantitative estimate of drug-likeness (QED) is 0.245. The fraction of sp³-hybridized carbons (Fsp3) is 0.120. The van der Waals surface area contributed by atoms with E-state index in [2.05, 4.69) is 36.9 Å². The third-order valence-corrected chi connectivity index (χ3v) is 5.97. The molecule has 0 unspecified atom stereocenters. The molecule has 0 aliphatic carbocycles. The van der Waals surface area contributed by atoms with Gasteiger partial charge in [-0.05, 0) is 64.8 Å². The first-order valence-corrected chi connectivity index (χ1v) is 11.5. The van der Waals surface area contributed by atoms with Gasteiger partial charge < -0.3 is 14.2 Å². The Kier molecular flexibility index (Phi) is 7.07. The lowest BCUT2D eigenvalue weighted by Crippen LogP contribution is -2.05. The maximum absolute atomic E-state index is 12.3. The van der Waals surface area contributed by atoms with Crippen LogP contribution in [0.2, 0.25) is 0 Å². The van der Waals surface area contributed by atoms with Crippen molar-refractivity contribution in [2.75, 3.05) is 6.61 Å². The number of hydrogen-bond acceptors (Lipinski definition) is 5. The number of aliphatic imine (C=N–C) groups is 1. The molecule has 0 saturated heterocycles. The first kappa shape index (κ1) is 22.3. The summed E-state index contributed by atoms with van der Waals surface area (Å²) in [6.07, 6.45) is 1.67. The molecule has 0 bridgehead atoms. The SMILES string of the molecule is CCOc1cc(/C=C2\N=C(c3ccccc3)OC2=O)cc(Br)c1OCc1ccccc1Br. The van der Waals surface area contributed by atoms with Gasteiger partial charge >= 0.3 is 5.97 Å². The van der Waals surface area contributed by atoms with Crippen molar-refractivity contribution < 1.29 is 19.0 Å². The van der Waals surface area contributed by atoms with E-state index in [1.54, 1.807) is 6.08 Å². The van der Waals surface area contributed by atoms with E-state index in [9.17, 15) is 4.79 Å². The van der Waals surface area contributed by atoms with Crippen LogP contribution in [0.15, 0.2) is 86.4 Å². The van der Waals surface area contributed by atoms with Crippen molar-refractivity contribution in [2.24, 2.45) is 4.99 Å². The van der Waals surface area contributed by atoms with Crippen molar-refractivity contribution in [1.82, 2.24) is 0 Å². The normalized spacial score (nSPS) is 14.3. The number of carbonyl (C=O) groups excluding carboxylic acids is 1. The molecule has 0 radical (unpaired) electrons. The molecule has 0 spiro atoms. The minimum Gasteiger partial charge on any atom is -0.490 e. The van der Waals surface area contributed by atoms with Gasteiger partial charge in [-0.1, -0.05) is 52.3 Å². The van der Waals surface area contributed by atoms with Crippen molar-refractivity contribution in [3.05, 3.63) is 98.1 Å². The molecule has 0 saturated carbocycles. The van der Waals surface area contributed by atoms with Crippen molar-refractivity contribution in [2.45, 2.75) is 13.5 Å². The topological polar surface area (TPSA) is 57.1 Å². The average molecular weight is 557 g/mol. The molecule has 1 aliphatic heterocycles. The van der Waals surface area contributed by atoms with E-state index < -0.39 is 5.97 Å². The van der Waals surface area contributed by atoms with Crippen LogP contribution in [0.5, 0.6) is 11.5 Å². The van der Waals surface area contributed by atoms with Crippen LogP contribution in [0.25, 0.3) is 6.08 Å². The zero-order chi connectivity index (χ0) is 22.5. The van der Waals surface area contributed by atoms with Crippen molar-refractivity contribution in [3.63, 3.8) is 0 Å². The molecule has 0 aromatic heterocycles. The van der Waals surface area contributed by atoms with Gasteiger partial charge in [0.25, 0.3) is 0 Å². The zero-order valence-electron chi connectivity index (χ0n) is 17.2. The Morgan fingerprint density at radius 1 is 0.969 bits per heavy atom. The van der Waals surface area contributed by atoms with E-state index in [4.69, 9.17) is 14.2 Å². The predicted molar refractivity (Wildman–Crippen MR) is 131 cm³/mol. The monoisotopic (exact) mass is 555 g/mol. The van der Waals surface area contributed by atoms with E-state index in [0.717, 1.165) is 21.2 Å². The molecule has 0 N–H and O–H groups in total. The van der Waals surface area contributed by atoms with Crippen molar-refractivity contribution in [1.29, 1.82) is 0 Å². The lowest BCUT2D eigenvalue weighted by Gasteiger charge is -2.15. The Bertz CT molecular complexity index is 1210. The van der Waals surface area contributed by atoms with E-state index in [1.165, 1.54) is 0 Å². The van der Waals surface area contributed by atoms with Crippen LogP contribution in [-0.2, 0) is 16.1 Å². The molecule has 7 heteroatoms. The summed E-state index contributed by atoms with van der Waals surface area (Å²) in [6, 6.07) is 20.9. The lowest BCUT2D eigenvalue weighted by atomic mass is 10.1. The Morgan fingerprint density at radius 3 is 2.47 bits per heavy atom. The van der Waals surface area contributed by atoms with Crippen LogP contribution in [0, 0.1) is 0 Å². The van der Waals surface area contributed by atoms with Gasteiger partial charge in [-0.25, -0.2) is 9.79 Å². The summed E-state index contributed by atoms with van der Waals surface area (Å²) < 4.78 is 18.9. The highest BCUT2D eigenvalue weighted by molar-refractivity contribution is 9.10. The highest BCUT2D eigenvalue weighted by Gasteiger charge is 2.24. The summed E-state index contributed by atoms with van der Waals surface area (Å²) in [4.78, 5) is 16.7. The van der Waals surface area contributed by atoms with Crippen LogP contribution in [-0.4, -0.2) is 18.5 Å². The fourth-order valence-electron chi connectivity index (χ4n) is 3.11. The molecule has 1 heterocycles. The Morgan fingerprint density at radius 2 is 1.72 bits per heavy atom. The highest BCUT2D eigenvalue weighted by atomic mass is 79.9. The number of halogens is 2. The second kappa shape index (κ2) is 10.1. The van der Waals surface area contributed by atoms with Gasteiger partial charge in [-0.3, -0.25) is 0 Å². The number of cyclic esters (lactones) is 1. The molecule has 5 nitrogen and oxygen atoms in total. The molecular formula is C25H19Br2NO4. The third-order valence-electron chi connectivity index (χ3n) is 4.61. The van der Waals surface area contributed by atoms with E-state index >= 15 is 0 Å². The van der Waals surface area contributed by atoms with Crippen LogP contribution in [0.3, 0.4) is 0 Å². The van der Waals surface area contributed by atoms with E-state index in [1.807, 2.05) is 73.7 Å². The lowest BCUT2D eigenvalue weighted by molar-refractivity contribution is -0.129. The average Bonchev–Trinajstić information content (AvgIpc) is 3.15. The van der Waals surface area contributed by atoms with Gasteiger partial charge in [0, 0.05) is 15.6 Å². The van der Waals surface area contributed by atoms with Crippen LogP contribution in [0.1, 0.15) is 23.6 Å². The summed E-state index contributed by atoms with van der Waals surface area (Å²) in [6.45, 7) is 2.75. The van der Waals surface area contributed by atoms with Crippen molar-refractivity contribution >= 4 is 49.8 Å². The molecule has 1 aliphatic rings. The number of esters is 1. The molecular weight excluding hydrogens is 538 g/mol. The van der Waals surface area contributed by atoms with Crippen LogP contribution in [0.4, 0.5) is 0 Å². The van der Waals surface area contributed by atoms with Crippen LogP contribution < -0.4 is 9.47 Å². The van der Waals surface area contributed by atoms with Gasteiger partial charge in [0.15, 0.2) is 17.2 Å². The summed E-state index contributed by atoms with van der Waals surface area (Å²) in [5, 5.41) is 0. The minimum atomic E-state index is -0.493. The minimum absolute atomic E-state index is 0.222. The van der Waals surface area contributed by atoms with Crippen LogP contribution >= 0.6 is 31.9 Å². The zero-order valence-corrected chi connectivity index (χ0v) is 20.4. The highest BCUT2D eigenvalue weighted by Crippen LogP contribution is 2.38. The summed E-state index contributed by atoms with van der Waals surface area (Å²) >= 11 is 7.11. The molecule has 3 aromatic rings. The fourth-order valence-corrected chi connectivity index (χ4v) is 4.08. The standard InChI is InChI=1S/C25H19Br2NO4/c1-2-30-22-14-16(12-20(27)23(22)31-15-18-10-6-7-11-19(18)26)13-21-25(29)32-24(28-21)17-8-4-3-5-9-17/h3-14H,2,15H2,1H3/b21-13-. The smallest absolute Gasteiger partial charge is 0.363 e. The first-order chi connectivity index (χ1) is 15.5. The second-order valence-corrected chi connectivity index (χ2v) is 8.55. The number of carbonyl (C=O) groups is 1. The largest absolute Gasteiger partial charge is 0.490 e. The molecule has 4 rings (SSSR count). The summed E-state index contributed by atoms with van der Waals surface area (Å²) in [5.41, 5.74) is 2.72. The summed E-state index contributed by atoms with van der Waals surface area (Å²) in [7, 11) is 0. The molecule has 0 fully saturated rings. The van der Waals surface area contributed by atoms with Gasteiger partial charge in [0.05, 0.1) is 11.1 Å². The second-order valence-electron chi connectivity index (χ2n) is 6.85. The number of nitrogens with zero attached hydrogens (tertiary/aromatic N) is 1. The van der Waals surface area contributed by atoms with Gasteiger partial charge in [0.1, 0.15) is 6.61 Å². The van der Waals surface area contributed by atoms with Gasteiger partial charge in [-0.15, -0.1) is 0 Å². The van der Waals surface area contributed by atoms with E-state index in [-0.39, 0.29) is 5.70 Å². The molecule has 32 heavy (non-hydrogen) atoms. The number of rotatable bonds is 7. The molecule has 0 atom stereocenters. The van der Waals surface area contributed by atoms with Gasteiger partial charge in [0.2, 0.25) is 5.90 Å². The predicted octanol–water partition coefficient (Wildman–Crippen LogP) is 6.53. The number of benzene rings is 3. The number of ether oxygens (including phenoxy) is 3. The maximum atomic E-state index is 12.3. The van der Waals surface area contributed by atoms with Crippen molar-refractivity contribution in [3.8, 4) is 11.5 Å². The maximum Gasteiger partial charge on any atom is 0.363 e. The van der Waals surface area contributed by atoms with Gasteiger partial charge in [-0.2, -0.15) is 0 Å². The first-order valence-electron chi connectivity index (χ1n) is 9.95. The molecule has 3 aromatic carbocycles. The molecule has 0 amide bonds.